The van der Waals surface area contributed by atoms with Crippen molar-refractivity contribution in [3.8, 4) is 0 Å². The Bertz CT molecular complexity index is 213. The van der Waals surface area contributed by atoms with Gasteiger partial charge in [-0.1, -0.05) is 19.3 Å². The molecule has 0 spiro atoms. The molecule has 1 heterocycles. The molecule has 1 unspecified atom stereocenters. The molecule has 18 heavy (non-hydrogen) atoms. The lowest BCUT2D eigenvalue weighted by molar-refractivity contribution is 0.210. The summed E-state index contributed by atoms with van der Waals surface area (Å²) >= 11 is 0. The van der Waals surface area contributed by atoms with Crippen molar-refractivity contribution in [2.24, 2.45) is 0 Å². The van der Waals surface area contributed by atoms with Crippen LogP contribution in [0.2, 0.25) is 0 Å². The second-order valence-electron chi connectivity index (χ2n) is 6.01. The first-order chi connectivity index (χ1) is 8.90. The third-order valence-corrected chi connectivity index (χ3v) is 4.28. The highest BCUT2D eigenvalue weighted by molar-refractivity contribution is 4.87. The minimum Gasteiger partial charge on any atom is -0.396 e. The molecular weight excluding hydrogens is 224 g/mol. The van der Waals surface area contributed by atoms with E-state index in [-0.39, 0.29) is 0 Å². The van der Waals surface area contributed by atoms with Gasteiger partial charge in [0.05, 0.1) is 0 Å². The van der Waals surface area contributed by atoms with Crippen molar-refractivity contribution in [3.05, 3.63) is 0 Å². The van der Waals surface area contributed by atoms with Crippen LogP contribution in [0.15, 0.2) is 0 Å². The van der Waals surface area contributed by atoms with Crippen LogP contribution in [0.4, 0.5) is 0 Å². The highest BCUT2D eigenvalue weighted by Crippen LogP contribution is 2.28. The van der Waals surface area contributed by atoms with E-state index in [0.29, 0.717) is 6.61 Å². The summed E-state index contributed by atoms with van der Waals surface area (Å²) in [7, 11) is 0. The van der Waals surface area contributed by atoms with Gasteiger partial charge in [-0.05, 0) is 51.6 Å². The summed E-state index contributed by atoms with van der Waals surface area (Å²) < 4.78 is 0. The van der Waals surface area contributed by atoms with Crippen molar-refractivity contribution in [3.63, 3.8) is 0 Å². The molecule has 3 nitrogen and oxygen atoms in total. The van der Waals surface area contributed by atoms with Gasteiger partial charge in [0.25, 0.3) is 0 Å². The first-order valence-electron chi connectivity index (χ1n) is 7.98. The molecule has 0 aromatic carbocycles. The standard InChI is InChI=1S/C15H30N2O/c18-12-6-2-1-5-11-17(15-8-9-15)13-14-7-3-4-10-16-14/h14-16,18H,1-13H2. The van der Waals surface area contributed by atoms with Gasteiger partial charge in [-0.3, -0.25) is 4.90 Å². The zero-order chi connectivity index (χ0) is 12.6. The summed E-state index contributed by atoms with van der Waals surface area (Å²) in [6.07, 6.45) is 11.7. The Morgan fingerprint density at radius 2 is 1.83 bits per heavy atom. The van der Waals surface area contributed by atoms with Crippen LogP contribution < -0.4 is 5.32 Å². The molecule has 2 N–H and O–H groups in total. The van der Waals surface area contributed by atoms with Gasteiger partial charge >= 0.3 is 0 Å². The number of aliphatic hydroxyl groups is 1. The van der Waals surface area contributed by atoms with Crippen molar-refractivity contribution in [1.82, 2.24) is 10.2 Å². The van der Waals surface area contributed by atoms with Crippen LogP contribution in [0.3, 0.4) is 0 Å². The Morgan fingerprint density at radius 1 is 1.00 bits per heavy atom. The van der Waals surface area contributed by atoms with E-state index in [1.165, 1.54) is 71.0 Å². The molecule has 1 saturated heterocycles. The fourth-order valence-corrected chi connectivity index (χ4v) is 3.01. The molecule has 1 atom stereocenters. The number of aliphatic hydroxyl groups excluding tert-OH is 1. The molecule has 3 heteroatoms. The first-order valence-corrected chi connectivity index (χ1v) is 7.98. The van der Waals surface area contributed by atoms with Gasteiger partial charge < -0.3 is 10.4 Å². The normalized spacial score (nSPS) is 24.7. The highest BCUT2D eigenvalue weighted by atomic mass is 16.2. The number of rotatable bonds is 9. The van der Waals surface area contributed by atoms with Crippen molar-refractivity contribution in [2.75, 3.05) is 26.2 Å². The van der Waals surface area contributed by atoms with Gasteiger partial charge in [0, 0.05) is 25.2 Å². The van der Waals surface area contributed by atoms with Crippen LogP contribution in [0.5, 0.6) is 0 Å². The summed E-state index contributed by atoms with van der Waals surface area (Å²) in [5, 5.41) is 12.4. The predicted molar refractivity (Wildman–Crippen MR) is 75.8 cm³/mol. The van der Waals surface area contributed by atoms with E-state index in [4.69, 9.17) is 5.11 Å². The number of hydrogen-bond donors (Lipinski definition) is 2. The maximum Gasteiger partial charge on any atom is 0.0431 e. The lowest BCUT2D eigenvalue weighted by Gasteiger charge is -2.30. The molecular formula is C15H30N2O. The summed E-state index contributed by atoms with van der Waals surface area (Å²) in [4.78, 5) is 2.72. The predicted octanol–water partition coefficient (Wildman–Crippen LogP) is 2.15. The van der Waals surface area contributed by atoms with Crippen LogP contribution in [-0.2, 0) is 0 Å². The smallest absolute Gasteiger partial charge is 0.0431 e. The van der Waals surface area contributed by atoms with Crippen LogP contribution >= 0.6 is 0 Å². The molecule has 0 aromatic rings. The number of nitrogens with zero attached hydrogens (tertiary/aromatic N) is 1. The molecule has 2 fully saturated rings. The highest BCUT2D eigenvalue weighted by Gasteiger charge is 2.30. The molecule has 2 aliphatic rings. The van der Waals surface area contributed by atoms with E-state index >= 15 is 0 Å². The molecule has 0 aromatic heterocycles. The molecule has 0 amide bonds. The third-order valence-electron chi connectivity index (χ3n) is 4.28. The largest absolute Gasteiger partial charge is 0.396 e. The van der Waals surface area contributed by atoms with Gasteiger partial charge in [-0.15, -0.1) is 0 Å². The number of hydrogen-bond acceptors (Lipinski definition) is 3. The van der Waals surface area contributed by atoms with Crippen molar-refractivity contribution >= 4 is 0 Å². The monoisotopic (exact) mass is 254 g/mol. The summed E-state index contributed by atoms with van der Waals surface area (Å²) in [6.45, 7) is 4.12. The topological polar surface area (TPSA) is 35.5 Å². The van der Waals surface area contributed by atoms with Crippen LogP contribution in [0, 0.1) is 0 Å². The van der Waals surface area contributed by atoms with Crippen molar-refractivity contribution < 1.29 is 5.11 Å². The molecule has 2 rings (SSSR count). The number of unbranched alkanes of at least 4 members (excludes halogenated alkanes) is 3. The summed E-state index contributed by atoms with van der Waals surface area (Å²) in [5.74, 6) is 0. The Labute approximate surface area is 112 Å². The zero-order valence-corrected chi connectivity index (χ0v) is 11.7. The van der Waals surface area contributed by atoms with E-state index in [0.717, 1.165) is 18.5 Å². The number of nitrogens with one attached hydrogen (secondary N) is 1. The van der Waals surface area contributed by atoms with Crippen LogP contribution in [0.1, 0.15) is 57.8 Å². The Morgan fingerprint density at radius 3 is 2.50 bits per heavy atom. The molecule has 1 saturated carbocycles. The first kappa shape index (κ1) is 14.3. The van der Waals surface area contributed by atoms with E-state index in [1.807, 2.05) is 0 Å². The fourth-order valence-electron chi connectivity index (χ4n) is 3.01. The lowest BCUT2D eigenvalue weighted by Crippen LogP contribution is -2.44. The number of piperidine rings is 1. The van der Waals surface area contributed by atoms with Gasteiger partial charge in [0.15, 0.2) is 0 Å². The fraction of sp³-hybridized carbons (Fsp3) is 1.00. The summed E-state index contributed by atoms with van der Waals surface area (Å²) in [5.41, 5.74) is 0. The van der Waals surface area contributed by atoms with Gasteiger partial charge in [0.2, 0.25) is 0 Å². The van der Waals surface area contributed by atoms with E-state index in [9.17, 15) is 0 Å². The summed E-state index contributed by atoms with van der Waals surface area (Å²) in [6, 6.07) is 1.64. The molecule has 1 aliphatic carbocycles. The molecule has 0 radical (unpaired) electrons. The maximum atomic E-state index is 8.77. The molecule has 106 valence electrons. The van der Waals surface area contributed by atoms with Crippen molar-refractivity contribution in [2.45, 2.75) is 69.9 Å². The average molecular weight is 254 g/mol. The third kappa shape index (κ3) is 5.25. The maximum absolute atomic E-state index is 8.77. The minimum atomic E-state index is 0.359. The van der Waals surface area contributed by atoms with E-state index < -0.39 is 0 Å². The van der Waals surface area contributed by atoms with Crippen LogP contribution in [-0.4, -0.2) is 48.3 Å². The van der Waals surface area contributed by atoms with E-state index in [2.05, 4.69) is 10.2 Å². The van der Waals surface area contributed by atoms with Gasteiger partial charge in [-0.25, -0.2) is 0 Å². The Balaban J connectivity index is 1.61. The van der Waals surface area contributed by atoms with Crippen molar-refractivity contribution in [1.29, 1.82) is 0 Å². The second-order valence-corrected chi connectivity index (χ2v) is 6.01. The molecule has 0 bridgehead atoms. The average Bonchev–Trinajstić information content (AvgIpc) is 3.23. The Hall–Kier alpha value is -0.120. The van der Waals surface area contributed by atoms with Gasteiger partial charge in [0.1, 0.15) is 0 Å². The Kier molecular flexibility index (Phi) is 6.46. The van der Waals surface area contributed by atoms with Crippen LogP contribution in [0.25, 0.3) is 0 Å². The van der Waals surface area contributed by atoms with E-state index in [1.54, 1.807) is 0 Å². The minimum absolute atomic E-state index is 0.359. The lowest BCUT2D eigenvalue weighted by atomic mass is 10.0. The quantitative estimate of drug-likeness (QED) is 0.619. The zero-order valence-electron chi connectivity index (χ0n) is 11.7. The van der Waals surface area contributed by atoms with Gasteiger partial charge in [-0.2, -0.15) is 0 Å². The molecule has 1 aliphatic heterocycles. The second kappa shape index (κ2) is 8.13. The SMILES string of the molecule is OCCCCCCN(CC1CCCCN1)C1CC1.